The van der Waals surface area contributed by atoms with E-state index in [0.717, 1.165) is 27.4 Å². The number of para-hydroxylation sites is 3. The molecule has 3 rings (SSSR count). The summed E-state index contributed by atoms with van der Waals surface area (Å²) in [6.07, 6.45) is 0.454. The second kappa shape index (κ2) is 6.66. The number of anilines is 1. The van der Waals surface area contributed by atoms with Gasteiger partial charge in [-0.3, -0.25) is 4.79 Å². The molecule has 0 aliphatic carbocycles. The Balaban J connectivity index is 1.52. The maximum atomic E-state index is 12.0. The molecule has 112 valence electrons. The number of aromatic amines is 1. The van der Waals surface area contributed by atoms with Gasteiger partial charge in [0.25, 0.3) is 0 Å². The average molecular weight is 311 g/mol. The fraction of sp³-hybridized carbons (Fsp3) is 0.176. The summed E-state index contributed by atoms with van der Waals surface area (Å²) in [6.45, 7) is 1.98. The van der Waals surface area contributed by atoms with Gasteiger partial charge < -0.3 is 10.3 Å². The maximum Gasteiger partial charge on any atom is 0.225 e. The SMILES string of the molecule is Cc1ccccc1NC(=O)CCSc1nc2ccccc2[nH]1. The van der Waals surface area contributed by atoms with Gasteiger partial charge in [0.2, 0.25) is 5.91 Å². The third-order valence-corrected chi connectivity index (χ3v) is 4.23. The second-order valence-electron chi connectivity index (χ2n) is 5.02. The molecule has 0 bridgehead atoms. The standard InChI is InChI=1S/C17H17N3OS/c1-12-6-2-3-7-13(12)18-16(21)10-11-22-17-19-14-8-4-5-9-15(14)20-17/h2-9H,10-11H2,1H3,(H,18,21)(H,19,20). The van der Waals surface area contributed by atoms with Gasteiger partial charge in [0.1, 0.15) is 0 Å². The van der Waals surface area contributed by atoms with Gasteiger partial charge in [-0.2, -0.15) is 0 Å². The van der Waals surface area contributed by atoms with Gasteiger partial charge in [0.05, 0.1) is 11.0 Å². The van der Waals surface area contributed by atoms with Gasteiger partial charge in [0.15, 0.2) is 5.16 Å². The molecule has 0 saturated heterocycles. The molecule has 0 saturated carbocycles. The van der Waals surface area contributed by atoms with Crippen molar-refractivity contribution in [1.29, 1.82) is 0 Å². The van der Waals surface area contributed by atoms with Gasteiger partial charge in [-0.25, -0.2) is 4.98 Å². The topological polar surface area (TPSA) is 57.8 Å². The first kappa shape index (κ1) is 14.7. The Hall–Kier alpha value is -2.27. The number of hydrogen-bond acceptors (Lipinski definition) is 3. The number of aryl methyl sites for hydroxylation is 1. The molecule has 0 atom stereocenters. The summed E-state index contributed by atoms with van der Waals surface area (Å²) in [6, 6.07) is 15.7. The molecule has 0 aliphatic heterocycles. The van der Waals surface area contributed by atoms with Crippen molar-refractivity contribution in [2.24, 2.45) is 0 Å². The van der Waals surface area contributed by atoms with Crippen molar-refractivity contribution in [2.45, 2.75) is 18.5 Å². The van der Waals surface area contributed by atoms with Crippen molar-refractivity contribution >= 4 is 34.4 Å². The maximum absolute atomic E-state index is 12.0. The minimum absolute atomic E-state index is 0.0258. The van der Waals surface area contributed by atoms with E-state index in [4.69, 9.17) is 0 Å². The monoisotopic (exact) mass is 311 g/mol. The first-order valence-electron chi connectivity index (χ1n) is 7.15. The molecular formula is C17H17N3OS. The van der Waals surface area contributed by atoms with Gasteiger partial charge in [-0.15, -0.1) is 0 Å². The molecule has 3 aromatic rings. The lowest BCUT2D eigenvalue weighted by molar-refractivity contribution is -0.115. The van der Waals surface area contributed by atoms with E-state index >= 15 is 0 Å². The van der Waals surface area contributed by atoms with Crippen molar-refractivity contribution in [3.05, 3.63) is 54.1 Å². The molecule has 0 fully saturated rings. The highest BCUT2D eigenvalue weighted by atomic mass is 32.2. The minimum Gasteiger partial charge on any atom is -0.333 e. The Bertz CT molecular complexity index is 764. The number of carbonyl (C=O) groups is 1. The lowest BCUT2D eigenvalue weighted by atomic mass is 10.2. The molecular weight excluding hydrogens is 294 g/mol. The first-order chi connectivity index (χ1) is 10.7. The van der Waals surface area contributed by atoms with E-state index < -0.39 is 0 Å². The zero-order valence-electron chi connectivity index (χ0n) is 12.3. The number of nitrogens with zero attached hydrogens (tertiary/aromatic N) is 1. The minimum atomic E-state index is 0.0258. The quantitative estimate of drug-likeness (QED) is 0.700. The van der Waals surface area contributed by atoms with E-state index in [0.29, 0.717) is 12.2 Å². The van der Waals surface area contributed by atoms with Crippen LogP contribution in [-0.4, -0.2) is 21.6 Å². The molecule has 1 heterocycles. The third-order valence-electron chi connectivity index (χ3n) is 3.35. The summed E-state index contributed by atoms with van der Waals surface area (Å²) in [5.74, 6) is 0.718. The zero-order valence-corrected chi connectivity index (χ0v) is 13.1. The fourth-order valence-corrected chi connectivity index (χ4v) is 2.99. The predicted molar refractivity (Wildman–Crippen MR) is 91.2 cm³/mol. The molecule has 4 nitrogen and oxygen atoms in total. The van der Waals surface area contributed by atoms with Gasteiger partial charge >= 0.3 is 0 Å². The molecule has 0 aliphatic rings. The fourth-order valence-electron chi connectivity index (χ4n) is 2.16. The number of imidazole rings is 1. The van der Waals surface area contributed by atoms with Crippen molar-refractivity contribution in [1.82, 2.24) is 9.97 Å². The number of rotatable bonds is 5. The molecule has 2 aromatic carbocycles. The van der Waals surface area contributed by atoms with Gasteiger partial charge in [-0.1, -0.05) is 42.1 Å². The molecule has 0 radical (unpaired) electrons. The number of carbonyl (C=O) groups excluding carboxylic acids is 1. The average Bonchev–Trinajstić information content (AvgIpc) is 2.92. The normalized spacial score (nSPS) is 10.8. The van der Waals surface area contributed by atoms with E-state index in [1.807, 2.05) is 55.5 Å². The van der Waals surface area contributed by atoms with Crippen LogP contribution in [0.1, 0.15) is 12.0 Å². The Morgan fingerprint density at radius 1 is 1.18 bits per heavy atom. The van der Waals surface area contributed by atoms with Crippen LogP contribution >= 0.6 is 11.8 Å². The van der Waals surface area contributed by atoms with Crippen LogP contribution in [-0.2, 0) is 4.79 Å². The molecule has 5 heteroatoms. The van der Waals surface area contributed by atoms with Crippen LogP contribution in [0.5, 0.6) is 0 Å². The van der Waals surface area contributed by atoms with E-state index in [-0.39, 0.29) is 5.91 Å². The van der Waals surface area contributed by atoms with Crippen molar-refractivity contribution in [3.8, 4) is 0 Å². The van der Waals surface area contributed by atoms with Crippen LogP contribution in [0, 0.1) is 6.92 Å². The van der Waals surface area contributed by atoms with Gasteiger partial charge in [0, 0.05) is 17.9 Å². The lowest BCUT2D eigenvalue weighted by Crippen LogP contribution is -2.12. The highest BCUT2D eigenvalue weighted by molar-refractivity contribution is 7.99. The van der Waals surface area contributed by atoms with E-state index in [2.05, 4.69) is 15.3 Å². The number of H-pyrrole nitrogens is 1. The van der Waals surface area contributed by atoms with E-state index in [1.54, 1.807) is 11.8 Å². The Morgan fingerprint density at radius 3 is 2.77 bits per heavy atom. The highest BCUT2D eigenvalue weighted by Crippen LogP contribution is 2.20. The van der Waals surface area contributed by atoms with Crippen molar-refractivity contribution in [2.75, 3.05) is 11.1 Å². The summed E-state index contributed by atoms with van der Waals surface area (Å²) in [5, 5.41) is 3.79. The van der Waals surface area contributed by atoms with Crippen LogP contribution in [0.4, 0.5) is 5.69 Å². The molecule has 2 N–H and O–H groups in total. The van der Waals surface area contributed by atoms with E-state index in [1.165, 1.54) is 0 Å². The summed E-state index contributed by atoms with van der Waals surface area (Å²) >= 11 is 1.56. The van der Waals surface area contributed by atoms with Gasteiger partial charge in [-0.05, 0) is 30.7 Å². The Morgan fingerprint density at radius 2 is 1.95 bits per heavy atom. The summed E-state index contributed by atoms with van der Waals surface area (Å²) in [4.78, 5) is 19.7. The highest BCUT2D eigenvalue weighted by Gasteiger charge is 2.06. The summed E-state index contributed by atoms with van der Waals surface area (Å²) in [5.41, 5.74) is 3.92. The summed E-state index contributed by atoms with van der Waals surface area (Å²) in [7, 11) is 0. The summed E-state index contributed by atoms with van der Waals surface area (Å²) < 4.78 is 0. The van der Waals surface area contributed by atoms with Crippen LogP contribution in [0.2, 0.25) is 0 Å². The molecule has 1 amide bonds. The predicted octanol–water partition coefficient (Wildman–Crippen LogP) is 3.99. The number of amides is 1. The third kappa shape index (κ3) is 3.49. The first-order valence-corrected chi connectivity index (χ1v) is 8.14. The second-order valence-corrected chi connectivity index (χ2v) is 6.10. The molecule has 0 unspecified atom stereocenters. The number of hydrogen-bond donors (Lipinski definition) is 2. The van der Waals surface area contributed by atoms with Crippen LogP contribution in [0.3, 0.4) is 0 Å². The number of aromatic nitrogens is 2. The number of nitrogens with one attached hydrogen (secondary N) is 2. The zero-order chi connectivity index (χ0) is 15.4. The lowest BCUT2D eigenvalue weighted by Gasteiger charge is -2.07. The number of benzene rings is 2. The Kier molecular flexibility index (Phi) is 4.44. The molecule has 22 heavy (non-hydrogen) atoms. The van der Waals surface area contributed by atoms with Crippen LogP contribution in [0.25, 0.3) is 11.0 Å². The van der Waals surface area contributed by atoms with Crippen LogP contribution in [0.15, 0.2) is 53.7 Å². The van der Waals surface area contributed by atoms with Crippen LogP contribution < -0.4 is 5.32 Å². The largest absolute Gasteiger partial charge is 0.333 e. The number of fused-ring (bicyclic) bond motifs is 1. The molecule has 0 spiro atoms. The van der Waals surface area contributed by atoms with Crippen molar-refractivity contribution in [3.63, 3.8) is 0 Å². The Labute approximate surface area is 133 Å². The number of thioether (sulfide) groups is 1. The smallest absolute Gasteiger partial charge is 0.225 e. The molecule has 1 aromatic heterocycles. The van der Waals surface area contributed by atoms with Crippen molar-refractivity contribution < 1.29 is 4.79 Å². The van der Waals surface area contributed by atoms with E-state index in [9.17, 15) is 4.79 Å².